The quantitative estimate of drug-likeness (QED) is 0.117. The fraction of sp³-hybridized carbons (Fsp3) is 0.556. The summed E-state index contributed by atoms with van der Waals surface area (Å²) in [6, 6.07) is -5.23. The number of carboxylic acids is 1. The molecule has 0 saturated heterocycles. The molecule has 0 fully saturated rings. The summed E-state index contributed by atoms with van der Waals surface area (Å²) >= 11 is 3.92. The number of carboxylic acid groups (broad SMARTS) is 1. The van der Waals surface area contributed by atoms with E-state index in [1.54, 1.807) is 0 Å². The van der Waals surface area contributed by atoms with Crippen molar-refractivity contribution in [1.82, 2.24) is 25.9 Å². The molecule has 0 spiro atoms. The first-order valence-corrected chi connectivity index (χ1v) is 10.5. The number of imidazole rings is 1. The molecule has 1 rings (SSSR count). The lowest BCUT2D eigenvalue weighted by Crippen LogP contribution is -2.59. The SMILES string of the molecule is CC(O)C(NC(=O)C(Cc1cnc[nH]1)NC(=O)C(CCC(N)=O)NC(=O)C(N)CS)C(=O)O. The minimum absolute atomic E-state index is 0.00321. The molecule has 10 N–H and O–H groups in total. The summed E-state index contributed by atoms with van der Waals surface area (Å²) in [4.78, 5) is 66.9. The topological polar surface area (TPSA) is 243 Å². The maximum Gasteiger partial charge on any atom is 0.328 e. The van der Waals surface area contributed by atoms with Gasteiger partial charge in [0.25, 0.3) is 0 Å². The molecule has 0 bridgehead atoms. The highest BCUT2D eigenvalue weighted by Crippen LogP contribution is 2.05. The molecule has 4 amide bonds. The van der Waals surface area contributed by atoms with Gasteiger partial charge in [-0.1, -0.05) is 0 Å². The average Bonchev–Trinajstić information content (AvgIpc) is 3.25. The van der Waals surface area contributed by atoms with Crippen molar-refractivity contribution in [1.29, 1.82) is 0 Å². The fourth-order valence-electron chi connectivity index (χ4n) is 2.66. The van der Waals surface area contributed by atoms with E-state index < -0.39 is 59.9 Å². The third-order valence-corrected chi connectivity index (χ3v) is 4.90. The van der Waals surface area contributed by atoms with Crippen LogP contribution in [0.3, 0.4) is 0 Å². The molecule has 0 aliphatic carbocycles. The monoisotopic (exact) mass is 487 g/mol. The Bertz CT molecular complexity index is 834. The van der Waals surface area contributed by atoms with Crippen molar-refractivity contribution in [3.63, 3.8) is 0 Å². The fourth-order valence-corrected chi connectivity index (χ4v) is 2.82. The predicted molar refractivity (Wildman–Crippen MR) is 118 cm³/mol. The smallest absolute Gasteiger partial charge is 0.328 e. The zero-order valence-electron chi connectivity index (χ0n) is 17.9. The Hall–Kier alpha value is -3.17. The van der Waals surface area contributed by atoms with Crippen LogP contribution < -0.4 is 27.4 Å². The number of nitrogens with one attached hydrogen (secondary N) is 4. The Balaban J connectivity index is 3.07. The number of carbonyl (C=O) groups excluding carboxylic acids is 4. The largest absolute Gasteiger partial charge is 0.480 e. The molecule has 1 heterocycles. The van der Waals surface area contributed by atoms with E-state index in [0.717, 1.165) is 0 Å². The molecule has 0 aromatic carbocycles. The third kappa shape index (κ3) is 9.46. The molecule has 14 nitrogen and oxygen atoms in total. The van der Waals surface area contributed by atoms with Crippen LogP contribution in [0.2, 0.25) is 0 Å². The lowest BCUT2D eigenvalue weighted by molar-refractivity contribution is -0.145. The van der Waals surface area contributed by atoms with Crippen molar-refractivity contribution < 1.29 is 34.2 Å². The summed E-state index contributed by atoms with van der Waals surface area (Å²) in [5.41, 5.74) is 11.2. The maximum absolute atomic E-state index is 12.9. The summed E-state index contributed by atoms with van der Waals surface area (Å²) in [6.45, 7) is 1.18. The van der Waals surface area contributed by atoms with Crippen molar-refractivity contribution in [3.05, 3.63) is 18.2 Å². The normalized spacial score (nSPS) is 15.4. The Labute approximate surface area is 194 Å². The number of aromatic nitrogens is 2. The van der Waals surface area contributed by atoms with Crippen molar-refractivity contribution in [2.24, 2.45) is 11.5 Å². The second-order valence-electron chi connectivity index (χ2n) is 7.26. The molecule has 33 heavy (non-hydrogen) atoms. The molecule has 0 aliphatic heterocycles. The lowest BCUT2D eigenvalue weighted by Gasteiger charge is -2.25. The summed E-state index contributed by atoms with van der Waals surface area (Å²) in [6.07, 6.45) is 0.798. The number of H-pyrrole nitrogens is 1. The number of aliphatic carboxylic acids is 1. The molecule has 1 aromatic heterocycles. The molecule has 0 radical (unpaired) electrons. The van der Waals surface area contributed by atoms with Crippen molar-refractivity contribution in [2.75, 3.05) is 5.75 Å². The van der Waals surface area contributed by atoms with Gasteiger partial charge >= 0.3 is 5.97 Å². The molecular formula is C18H29N7O7S. The first kappa shape index (κ1) is 27.9. The first-order chi connectivity index (χ1) is 15.5. The van der Waals surface area contributed by atoms with E-state index >= 15 is 0 Å². The van der Waals surface area contributed by atoms with Gasteiger partial charge in [-0.2, -0.15) is 12.6 Å². The van der Waals surface area contributed by atoms with Crippen molar-refractivity contribution in [3.8, 4) is 0 Å². The van der Waals surface area contributed by atoms with Crippen molar-refractivity contribution >= 4 is 42.2 Å². The highest BCUT2D eigenvalue weighted by atomic mass is 32.1. The summed E-state index contributed by atoms with van der Waals surface area (Å²) < 4.78 is 0. The number of primary amides is 1. The van der Waals surface area contributed by atoms with Crippen LogP contribution in [0, 0.1) is 0 Å². The molecule has 1 aromatic rings. The van der Waals surface area contributed by atoms with E-state index in [1.165, 1.54) is 19.4 Å². The number of hydrogen-bond donors (Lipinski definition) is 9. The van der Waals surface area contributed by atoms with Gasteiger partial charge < -0.3 is 42.6 Å². The number of amides is 4. The summed E-state index contributed by atoms with van der Waals surface area (Å²) in [7, 11) is 0. The second-order valence-corrected chi connectivity index (χ2v) is 7.63. The number of hydrogen-bond acceptors (Lipinski definition) is 9. The number of thiol groups is 1. The van der Waals surface area contributed by atoms with E-state index in [-0.39, 0.29) is 25.0 Å². The zero-order valence-corrected chi connectivity index (χ0v) is 18.7. The molecule has 5 unspecified atom stereocenters. The Morgan fingerprint density at radius 1 is 1.12 bits per heavy atom. The maximum atomic E-state index is 12.9. The third-order valence-electron chi connectivity index (χ3n) is 4.50. The first-order valence-electron chi connectivity index (χ1n) is 9.90. The zero-order chi connectivity index (χ0) is 25.1. The number of aromatic amines is 1. The van der Waals surface area contributed by atoms with Crippen LogP contribution in [0.4, 0.5) is 0 Å². The highest BCUT2D eigenvalue weighted by molar-refractivity contribution is 7.80. The number of nitrogens with zero attached hydrogens (tertiary/aromatic N) is 1. The van der Waals surface area contributed by atoms with Crippen LogP contribution in [0.15, 0.2) is 12.5 Å². The van der Waals surface area contributed by atoms with E-state index in [2.05, 4.69) is 38.5 Å². The summed E-state index contributed by atoms with van der Waals surface area (Å²) in [5.74, 6) is -4.63. The lowest BCUT2D eigenvalue weighted by atomic mass is 10.1. The van der Waals surface area contributed by atoms with Gasteiger partial charge in [0.2, 0.25) is 23.6 Å². The van der Waals surface area contributed by atoms with Crippen LogP contribution in [-0.4, -0.2) is 85.8 Å². The molecule has 0 saturated carbocycles. The van der Waals surface area contributed by atoms with Crippen LogP contribution in [0.1, 0.15) is 25.5 Å². The van der Waals surface area contributed by atoms with Crippen molar-refractivity contribution in [2.45, 2.75) is 56.5 Å². The number of aliphatic hydroxyl groups excluding tert-OH is 1. The Morgan fingerprint density at radius 2 is 1.73 bits per heavy atom. The van der Waals surface area contributed by atoms with Crippen LogP contribution >= 0.6 is 12.6 Å². The number of carbonyl (C=O) groups is 5. The van der Waals surface area contributed by atoms with E-state index in [1.807, 2.05) is 0 Å². The predicted octanol–water partition coefficient (Wildman–Crippen LogP) is -3.61. The van der Waals surface area contributed by atoms with Gasteiger partial charge in [0.1, 0.15) is 12.1 Å². The Kier molecular flexibility index (Phi) is 11.3. The van der Waals surface area contributed by atoms with Gasteiger partial charge in [0.15, 0.2) is 6.04 Å². The Morgan fingerprint density at radius 3 is 2.21 bits per heavy atom. The van der Waals surface area contributed by atoms with E-state index in [9.17, 15) is 34.2 Å². The van der Waals surface area contributed by atoms with Gasteiger partial charge in [0.05, 0.1) is 18.5 Å². The average molecular weight is 488 g/mol. The van der Waals surface area contributed by atoms with Gasteiger partial charge in [-0.25, -0.2) is 9.78 Å². The highest BCUT2D eigenvalue weighted by Gasteiger charge is 2.32. The molecule has 184 valence electrons. The summed E-state index contributed by atoms with van der Waals surface area (Å²) in [5, 5.41) is 25.8. The van der Waals surface area contributed by atoms with E-state index in [0.29, 0.717) is 5.69 Å². The number of nitrogens with two attached hydrogens (primary N) is 2. The number of rotatable bonds is 14. The van der Waals surface area contributed by atoms with Crippen LogP contribution in [0.5, 0.6) is 0 Å². The van der Waals surface area contributed by atoms with E-state index in [4.69, 9.17) is 11.5 Å². The molecule has 5 atom stereocenters. The standard InChI is InChI=1S/C18H29N7O7S/c1-8(26)14(18(31)32)25-17(30)12(4-9-5-21-7-22-9)24-16(29)11(2-3-13(20)27)23-15(28)10(19)6-33/h5,7-8,10-12,14,26,33H,2-4,6,19H2,1H3,(H2,20,27)(H,21,22)(H,23,28)(H,24,29)(H,25,30)(H,31,32). The molecular weight excluding hydrogens is 458 g/mol. The van der Waals surface area contributed by atoms with Gasteiger partial charge in [-0.05, 0) is 13.3 Å². The number of aliphatic hydroxyl groups is 1. The molecule has 15 heteroatoms. The minimum Gasteiger partial charge on any atom is -0.480 e. The van der Waals surface area contributed by atoms with Crippen LogP contribution in [0.25, 0.3) is 0 Å². The second kappa shape index (κ2) is 13.4. The molecule has 0 aliphatic rings. The van der Waals surface area contributed by atoms with Gasteiger partial charge in [0, 0.05) is 30.5 Å². The van der Waals surface area contributed by atoms with Gasteiger partial charge in [-0.15, -0.1) is 0 Å². The minimum atomic E-state index is -1.63. The van der Waals surface area contributed by atoms with Gasteiger partial charge in [-0.3, -0.25) is 19.2 Å². The van der Waals surface area contributed by atoms with Crippen LogP contribution in [-0.2, 0) is 30.4 Å².